The van der Waals surface area contributed by atoms with Crippen LogP contribution < -0.4 is 20.7 Å². The molecule has 0 bridgehead atoms. The van der Waals surface area contributed by atoms with Crippen molar-refractivity contribution in [1.29, 1.82) is 0 Å². The molecule has 2 aromatic heterocycles. The number of nitrogens with one attached hydrogen (secondary N) is 1. The van der Waals surface area contributed by atoms with Crippen LogP contribution in [-0.4, -0.2) is 72.9 Å². The van der Waals surface area contributed by atoms with Crippen molar-refractivity contribution in [3.05, 3.63) is 96.4 Å². The molecule has 2 heterocycles. The van der Waals surface area contributed by atoms with Crippen LogP contribution in [0.1, 0.15) is 26.3 Å². The van der Waals surface area contributed by atoms with E-state index in [1.807, 2.05) is 0 Å². The Hall–Kier alpha value is -6.08. The predicted molar refractivity (Wildman–Crippen MR) is 195 cm³/mol. The summed E-state index contributed by atoms with van der Waals surface area (Å²) in [6, 6.07) is 17.3. The SMILES string of the molecule is CC(C)(C)C(N)C(=O)OCOC(=O)N(c1nc2ccc(-c3ccc(NC(=O)Cc4ccc(F)cc4)cc3)cn2n1)c1ccc(S(C)(=O)=O)cc1OCC(F)(F)F. The number of alkyl halides is 3. The third kappa shape index (κ3) is 10.6. The summed E-state index contributed by atoms with van der Waals surface area (Å²) in [5, 5.41) is 7.12. The number of carbonyl (C=O) groups is 3. The first-order valence-corrected chi connectivity index (χ1v) is 18.5. The molecule has 0 aliphatic carbocycles. The van der Waals surface area contributed by atoms with Gasteiger partial charge in [-0.3, -0.25) is 9.59 Å². The number of carbonyl (C=O) groups excluding carboxylic acids is 3. The molecule has 1 atom stereocenters. The van der Waals surface area contributed by atoms with E-state index in [2.05, 4.69) is 15.4 Å². The highest BCUT2D eigenvalue weighted by molar-refractivity contribution is 7.90. The zero-order valence-electron chi connectivity index (χ0n) is 30.3. The molecule has 14 nitrogen and oxygen atoms in total. The first-order chi connectivity index (χ1) is 26.2. The van der Waals surface area contributed by atoms with E-state index in [0.717, 1.165) is 24.5 Å². The van der Waals surface area contributed by atoms with Gasteiger partial charge in [-0.1, -0.05) is 45.0 Å². The fourth-order valence-corrected chi connectivity index (χ4v) is 5.63. The van der Waals surface area contributed by atoms with Gasteiger partial charge in [-0.25, -0.2) is 27.0 Å². The number of sulfone groups is 1. The topological polar surface area (TPSA) is 185 Å². The number of benzene rings is 3. The van der Waals surface area contributed by atoms with Crippen LogP contribution in [0.3, 0.4) is 0 Å². The average molecular weight is 801 g/mol. The van der Waals surface area contributed by atoms with Crippen LogP contribution >= 0.6 is 0 Å². The molecule has 3 N–H and O–H groups in total. The van der Waals surface area contributed by atoms with Gasteiger partial charge in [-0.05, 0) is 65.1 Å². The van der Waals surface area contributed by atoms with Crippen molar-refractivity contribution < 1.29 is 54.6 Å². The number of hydrogen-bond acceptors (Lipinski definition) is 11. The lowest BCUT2D eigenvalue weighted by molar-refractivity contribution is -0.156. The average Bonchev–Trinajstić information content (AvgIpc) is 3.53. The number of amides is 2. The maximum Gasteiger partial charge on any atom is 0.424 e. The maximum absolute atomic E-state index is 13.7. The highest BCUT2D eigenvalue weighted by atomic mass is 32.2. The van der Waals surface area contributed by atoms with E-state index in [4.69, 9.17) is 19.9 Å². The molecule has 0 aliphatic heterocycles. The van der Waals surface area contributed by atoms with Crippen LogP contribution in [-0.2, 0) is 35.3 Å². The lowest BCUT2D eigenvalue weighted by Crippen LogP contribution is -2.43. The molecule has 0 aliphatic rings. The number of esters is 1. The van der Waals surface area contributed by atoms with Gasteiger partial charge in [-0.15, -0.1) is 5.10 Å². The summed E-state index contributed by atoms with van der Waals surface area (Å²) in [6.07, 6.45) is -3.78. The van der Waals surface area contributed by atoms with Gasteiger partial charge in [0.2, 0.25) is 12.7 Å². The van der Waals surface area contributed by atoms with Gasteiger partial charge in [0.25, 0.3) is 5.95 Å². The van der Waals surface area contributed by atoms with E-state index in [1.165, 1.54) is 34.8 Å². The second kappa shape index (κ2) is 16.3. The number of aromatic nitrogens is 3. The number of fused-ring (bicyclic) bond motifs is 1. The lowest BCUT2D eigenvalue weighted by Gasteiger charge is -2.25. The molecule has 0 radical (unpaired) electrons. The summed E-state index contributed by atoms with van der Waals surface area (Å²) in [7, 11) is -3.96. The molecule has 0 saturated heterocycles. The molecule has 0 saturated carbocycles. The lowest BCUT2D eigenvalue weighted by atomic mass is 9.87. The Bertz CT molecular complexity index is 2350. The molecule has 56 heavy (non-hydrogen) atoms. The Labute approximate surface area is 318 Å². The summed E-state index contributed by atoms with van der Waals surface area (Å²) in [4.78, 5) is 43.2. The van der Waals surface area contributed by atoms with Crippen LogP contribution in [0.2, 0.25) is 0 Å². The van der Waals surface area contributed by atoms with Gasteiger partial charge in [-0.2, -0.15) is 18.2 Å². The van der Waals surface area contributed by atoms with Gasteiger partial charge in [0.05, 0.1) is 17.0 Å². The van der Waals surface area contributed by atoms with Gasteiger partial charge in [0.15, 0.2) is 22.1 Å². The minimum absolute atomic E-state index is 0.0339. The predicted octanol–water partition coefficient (Wildman–Crippen LogP) is 6.21. The summed E-state index contributed by atoms with van der Waals surface area (Å²) in [5.41, 5.74) is 7.34. The molecule has 2 amide bonds. The second-order valence-corrected chi connectivity index (χ2v) is 15.6. The zero-order chi connectivity index (χ0) is 41.0. The summed E-state index contributed by atoms with van der Waals surface area (Å²) >= 11 is 0. The van der Waals surface area contributed by atoms with Gasteiger partial charge >= 0.3 is 18.2 Å². The van der Waals surface area contributed by atoms with Crippen LogP contribution in [0.4, 0.5) is 39.7 Å². The molecule has 1 unspecified atom stereocenters. The van der Waals surface area contributed by atoms with Crippen molar-refractivity contribution in [3.8, 4) is 16.9 Å². The highest BCUT2D eigenvalue weighted by Gasteiger charge is 2.33. The minimum atomic E-state index is -4.85. The number of rotatable bonds is 12. The smallest absolute Gasteiger partial charge is 0.424 e. The number of pyridine rings is 1. The maximum atomic E-state index is 13.7. The molecule has 5 rings (SSSR count). The van der Waals surface area contributed by atoms with Crippen LogP contribution in [0.25, 0.3) is 16.8 Å². The van der Waals surface area contributed by atoms with E-state index >= 15 is 0 Å². The molecule has 0 spiro atoms. The van der Waals surface area contributed by atoms with Gasteiger partial charge in [0, 0.05) is 29.8 Å². The molecule has 5 aromatic rings. The van der Waals surface area contributed by atoms with Crippen LogP contribution in [0.15, 0.2) is 90.0 Å². The summed E-state index contributed by atoms with van der Waals surface area (Å²) in [5.74, 6) is -2.74. The highest BCUT2D eigenvalue weighted by Crippen LogP contribution is 2.37. The van der Waals surface area contributed by atoms with E-state index in [0.29, 0.717) is 27.3 Å². The van der Waals surface area contributed by atoms with Gasteiger partial charge in [0.1, 0.15) is 17.6 Å². The normalized spacial score (nSPS) is 12.5. The first kappa shape index (κ1) is 41.1. The number of hydrogen-bond donors (Lipinski definition) is 2. The number of nitrogens with two attached hydrogens (primary N) is 1. The molecule has 3 aromatic carbocycles. The Kier molecular flexibility index (Phi) is 12.0. The van der Waals surface area contributed by atoms with Gasteiger partial charge < -0.3 is 25.3 Å². The largest absolute Gasteiger partial charge is 0.482 e. The van der Waals surface area contributed by atoms with E-state index in [9.17, 15) is 40.4 Å². The number of nitrogens with zero attached hydrogens (tertiary/aromatic N) is 4. The van der Waals surface area contributed by atoms with E-state index in [-0.39, 0.29) is 18.0 Å². The quantitative estimate of drug-likeness (QED) is 0.0831. The standard InChI is InChI=1S/C37H36F4N6O8S/c1-36(2,3)32(42)33(49)54-21-55-35(50)47(28-15-14-27(56(4,51)52)18-29(28)53-20-37(39,40)41)34-44-30-16-9-24(19-46(30)45-34)23-7-12-26(13-8-23)43-31(48)17-22-5-10-25(38)11-6-22/h5-16,18-19,32H,17,20-21,42H2,1-4H3,(H,43,48). The van der Waals surface area contributed by atoms with Crippen molar-refractivity contribution in [3.63, 3.8) is 0 Å². The van der Waals surface area contributed by atoms with Crippen molar-refractivity contribution in [2.75, 3.05) is 29.9 Å². The molecule has 296 valence electrons. The minimum Gasteiger partial charge on any atom is -0.482 e. The van der Waals surface area contributed by atoms with Crippen molar-refractivity contribution in [2.24, 2.45) is 11.1 Å². The molecule has 0 fully saturated rings. The Morgan fingerprint density at radius 2 is 1.59 bits per heavy atom. The molecular weight excluding hydrogens is 765 g/mol. The number of ether oxygens (including phenoxy) is 3. The van der Waals surface area contributed by atoms with Crippen molar-refractivity contribution in [1.82, 2.24) is 14.6 Å². The zero-order valence-corrected chi connectivity index (χ0v) is 31.2. The molecule has 19 heteroatoms. The van der Waals surface area contributed by atoms with E-state index in [1.54, 1.807) is 57.3 Å². The number of anilines is 3. The third-order valence-corrected chi connectivity index (χ3v) is 9.15. The third-order valence-electron chi connectivity index (χ3n) is 8.04. The monoisotopic (exact) mass is 800 g/mol. The number of halogens is 4. The second-order valence-electron chi connectivity index (χ2n) is 13.5. The summed E-state index contributed by atoms with van der Waals surface area (Å²) < 4.78 is 94.2. The fraction of sp³-hybridized carbons (Fsp3) is 0.270. The Morgan fingerprint density at radius 3 is 2.21 bits per heavy atom. The van der Waals surface area contributed by atoms with Crippen LogP contribution in [0.5, 0.6) is 5.75 Å². The Balaban J connectivity index is 1.45. The van der Waals surface area contributed by atoms with Crippen LogP contribution in [0, 0.1) is 11.2 Å². The molecular formula is C37H36F4N6O8S. The van der Waals surface area contributed by atoms with Crippen molar-refractivity contribution >= 4 is 50.8 Å². The Morgan fingerprint density at radius 1 is 0.929 bits per heavy atom. The van der Waals surface area contributed by atoms with E-state index < -0.39 is 81.0 Å². The summed E-state index contributed by atoms with van der Waals surface area (Å²) in [6.45, 7) is 2.24. The first-order valence-electron chi connectivity index (χ1n) is 16.6. The van der Waals surface area contributed by atoms with Crippen molar-refractivity contribution in [2.45, 2.75) is 44.3 Å². The fourth-order valence-electron chi connectivity index (χ4n) is 4.99.